The third-order valence-electron chi connectivity index (χ3n) is 4.07. The summed E-state index contributed by atoms with van der Waals surface area (Å²) in [6, 6.07) is 1.73. The van der Waals surface area contributed by atoms with Gasteiger partial charge in [0.05, 0.1) is 6.26 Å². The average molecular weight is 235 g/mol. The van der Waals surface area contributed by atoms with E-state index in [1.54, 1.807) is 6.07 Å². The number of carboxylic acid groups (broad SMARTS) is 1. The summed E-state index contributed by atoms with van der Waals surface area (Å²) >= 11 is 0. The summed E-state index contributed by atoms with van der Waals surface area (Å²) in [7, 11) is 0. The van der Waals surface area contributed by atoms with Crippen molar-refractivity contribution in [1.29, 1.82) is 0 Å². The summed E-state index contributed by atoms with van der Waals surface area (Å²) in [6.45, 7) is 1.61. The first-order valence-corrected chi connectivity index (χ1v) is 6.22. The Kier molecular flexibility index (Phi) is 2.47. The summed E-state index contributed by atoms with van der Waals surface area (Å²) in [6.07, 6.45) is 6.87. The Labute approximate surface area is 100 Å². The van der Waals surface area contributed by atoms with Gasteiger partial charge in [-0.1, -0.05) is 0 Å². The van der Waals surface area contributed by atoms with Crippen LogP contribution in [0.1, 0.15) is 41.8 Å². The maximum Gasteiger partial charge on any atom is 0.372 e. The Bertz CT molecular complexity index is 430. The standard InChI is InChI=1S/C13H17NO3/c15-12(16)11-9(3-6-17-11)7-14-8-13(4-5-13)10-1-2-10/h3,6,10,14H,1-2,4-5,7-8H2,(H,15,16). The van der Waals surface area contributed by atoms with E-state index in [4.69, 9.17) is 9.52 Å². The molecule has 4 nitrogen and oxygen atoms in total. The molecule has 0 aromatic carbocycles. The number of aromatic carboxylic acids is 1. The van der Waals surface area contributed by atoms with Gasteiger partial charge < -0.3 is 14.8 Å². The lowest BCUT2D eigenvalue weighted by Crippen LogP contribution is -2.25. The minimum absolute atomic E-state index is 0.0637. The van der Waals surface area contributed by atoms with Crippen LogP contribution in [0.15, 0.2) is 16.7 Å². The number of carboxylic acids is 1. The molecule has 0 unspecified atom stereocenters. The number of hydrogen-bond acceptors (Lipinski definition) is 3. The molecular formula is C13H17NO3. The first kappa shape index (κ1) is 10.8. The molecule has 2 saturated carbocycles. The fourth-order valence-electron chi connectivity index (χ4n) is 2.69. The lowest BCUT2D eigenvalue weighted by molar-refractivity contribution is 0.0660. The Morgan fingerprint density at radius 3 is 2.88 bits per heavy atom. The molecule has 0 spiro atoms. The Balaban J connectivity index is 1.54. The van der Waals surface area contributed by atoms with Crippen molar-refractivity contribution in [1.82, 2.24) is 5.32 Å². The molecule has 2 aliphatic carbocycles. The van der Waals surface area contributed by atoms with Gasteiger partial charge in [0, 0.05) is 18.7 Å². The predicted octanol–water partition coefficient (Wildman–Crippen LogP) is 2.26. The molecule has 1 aromatic heterocycles. The van der Waals surface area contributed by atoms with Gasteiger partial charge in [0.1, 0.15) is 0 Å². The van der Waals surface area contributed by atoms with Crippen LogP contribution in [-0.4, -0.2) is 17.6 Å². The molecule has 1 aromatic rings. The van der Waals surface area contributed by atoms with Crippen LogP contribution in [-0.2, 0) is 6.54 Å². The molecule has 3 rings (SSSR count). The molecule has 2 fully saturated rings. The molecule has 0 radical (unpaired) electrons. The quantitative estimate of drug-likeness (QED) is 0.794. The molecule has 0 aliphatic heterocycles. The monoisotopic (exact) mass is 235 g/mol. The number of nitrogens with one attached hydrogen (secondary N) is 1. The fraction of sp³-hybridized carbons (Fsp3) is 0.615. The van der Waals surface area contributed by atoms with E-state index in [-0.39, 0.29) is 5.76 Å². The summed E-state index contributed by atoms with van der Waals surface area (Å²) < 4.78 is 4.94. The van der Waals surface area contributed by atoms with Crippen LogP contribution in [0.25, 0.3) is 0 Å². The highest BCUT2D eigenvalue weighted by molar-refractivity contribution is 5.86. The highest BCUT2D eigenvalue weighted by Crippen LogP contribution is 2.60. The molecule has 4 heteroatoms. The van der Waals surface area contributed by atoms with E-state index >= 15 is 0 Å². The fourth-order valence-corrected chi connectivity index (χ4v) is 2.69. The number of hydrogen-bond donors (Lipinski definition) is 2. The maximum absolute atomic E-state index is 10.9. The SMILES string of the molecule is O=C(O)c1occc1CNCC1(C2CC2)CC1. The Hall–Kier alpha value is -1.29. The Morgan fingerprint density at radius 2 is 2.29 bits per heavy atom. The molecule has 2 N–H and O–H groups in total. The third kappa shape index (κ3) is 2.09. The molecule has 0 saturated heterocycles. The van der Waals surface area contributed by atoms with Crippen molar-refractivity contribution < 1.29 is 14.3 Å². The zero-order valence-corrected chi connectivity index (χ0v) is 9.74. The summed E-state index contributed by atoms with van der Waals surface area (Å²) in [5.41, 5.74) is 1.29. The molecule has 0 atom stereocenters. The average Bonchev–Trinajstić information content (AvgIpc) is 3.17. The van der Waals surface area contributed by atoms with Crippen LogP contribution in [0.5, 0.6) is 0 Å². The van der Waals surface area contributed by atoms with Gasteiger partial charge in [-0.2, -0.15) is 0 Å². The normalized spacial score (nSPS) is 21.4. The first-order valence-electron chi connectivity index (χ1n) is 6.22. The van der Waals surface area contributed by atoms with Crippen LogP contribution in [0.3, 0.4) is 0 Å². The highest BCUT2D eigenvalue weighted by atomic mass is 16.4. The number of rotatable bonds is 6. The van der Waals surface area contributed by atoms with E-state index in [0.717, 1.165) is 18.0 Å². The van der Waals surface area contributed by atoms with Crippen molar-refractivity contribution in [3.8, 4) is 0 Å². The largest absolute Gasteiger partial charge is 0.475 e. The second-order valence-electron chi connectivity index (χ2n) is 5.32. The molecule has 0 amide bonds. The number of carbonyl (C=O) groups is 1. The van der Waals surface area contributed by atoms with Crippen molar-refractivity contribution in [2.45, 2.75) is 32.2 Å². The van der Waals surface area contributed by atoms with Gasteiger partial charge in [-0.15, -0.1) is 0 Å². The van der Waals surface area contributed by atoms with E-state index in [0.29, 0.717) is 12.0 Å². The van der Waals surface area contributed by atoms with Crippen LogP contribution >= 0.6 is 0 Å². The zero-order chi connectivity index (χ0) is 11.9. The van der Waals surface area contributed by atoms with Crippen LogP contribution in [0, 0.1) is 11.3 Å². The van der Waals surface area contributed by atoms with Gasteiger partial charge in [-0.25, -0.2) is 4.79 Å². The van der Waals surface area contributed by atoms with E-state index in [1.165, 1.54) is 31.9 Å². The van der Waals surface area contributed by atoms with E-state index in [2.05, 4.69) is 5.32 Å². The molecule has 17 heavy (non-hydrogen) atoms. The summed E-state index contributed by atoms with van der Waals surface area (Å²) in [5, 5.41) is 12.3. The van der Waals surface area contributed by atoms with Gasteiger partial charge >= 0.3 is 5.97 Å². The lowest BCUT2D eigenvalue weighted by atomic mass is 10.0. The third-order valence-corrected chi connectivity index (χ3v) is 4.07. The van der Waals surface area contributed by atoms with Crippen molar-refractivity contribution in [2.75, 3.05) is 6.54 Å². The molecule has 1 heterocycles. The van der Waals surface area contributed by atoms with Crippen molar-refractivity contribution in [3.63, 3.8) is 0 Å². The molecule has 92 valence electrons. The van der Waals surface area contributed by atoms with Gasteiger partial charge in [0.25, 0.3) is 0 Å². The van der Waals surface area contributed by atoms with E-state index in [9.17, 15) is 4.79 Å². The minimum Gasteiger partial charge on any atom is -0.475 e. The lowest BCUT2D eigenvalue weighted by Gasteiger charge is -2.14. The van der Waals surface area contributed by atoms with Crippen LogP contribution in [0.2, 0.25) is 0 Å². The van der Waals surface area contributed by atoms with E-state index in [1.807, 2.05) is 0 Å². The Morgan fingerprint density at radius 1 is 1.53 bits per heavy atom. The summed E-state index contributed by atoms with van der Waals surface area (Å²) in [4.78, 5) is 10.9. The predicted molar refractivity (Wildman–Crippen MR) is 61.8 cm³/mol. The highest BCUT2D eigenvalue weighted by Gasteiger charge is 2.53. The zero-order valence-electron chi connectivity index (χ0n) is 9.74. The van der Waals surface area contributed by atoms with Gasteiger partial charge in [0.2, 0.25) is 5.76 Å². The smallest absolute Gasteiger partial charge is 0.372 e. The van der Waals surface area contributed by atoms with Crippen LogP contribution in [0.4, 0.5) is 0 Å². The molecule has 2 aliphatic rings. The van der Waals surface area contributed by atoms with Crippen LogP contribution < -0.4 is 5.32 Å². The topological polar surface area (TPSA) is 62.5 Å². The van der Waals surface area contributed by atoms with Crippen molar-refractivity contribution in [2.24, 2.45) is 11.3 Å². The van der Waals surface area contributed by atoms with Gasteiger partial charge in [-0.3, -0.25) is 0 Å². The second kappa shape index (κ2) is 3.88. The van der Waals surface area contributed by atoms with Gasteiger partial charge in [0.15, 0.2) is 0 Å². The number of furan rings is 1. The van der Waals surface area contributed by atoms with Crippen molar-refractivity contribution in [3.05, 3.63) is 23.7 Å². The second-order valence-corrected chi connectivity index (χ2v) is 5.32. The van der Waals surface area contributed by atoms with Gasteiger partial charge in [-0.05, 0) is 43.1 Å². The molecule has 0 bridgehead atoms. The summed E-state index contributed by atoms with van der Waals surface area (Å²) in [5.74, 6) is 0.00203. The first-order chi connectivity index (χ1) is 8.21. The maximum atomic E-state index is 10.9. The van der Waals surface area contributed by atoms with E-state index < -0.39 is 5.97 Å². The van der Waals surface area contributed by atoms with Crippen molar-refractivity contribution >= 4 is 5.97 Å². The molecular weight excluding hydrogens is 218 g/mol. The minimum atomic E-state index is -0.991.